The van der Waals surface area contributed by atoms with Gasteiger partial charge in [0.05, 0.1) is 0 Å². The Bertz CT molecular complexity index is 312. The molecule has 0 fully saturated rings. The molecule has 3 N–H and O–H groups in total. The Morgan fingerprint density at radius 2 is 2.15 bits per heavy atom. The highest BCUT2D eigenvalue weighted by atomic mass is 19.1. The van der Waals surface area contributed by atoms with Crippen LogP contribution in [0.15, 0.2) is 12.1 Å². The molecule has 0 spiro atoms. The van der Waals surface area contributed by atoms with Crippen molar-refractivity contribution in [2.45, 2.75) is 19.8 Å². The molecule has 0 saturated carbocycles. The van der Waals surface area contributed by atoms with E-state index in [0.717, 1.165) is 0 Å². The van der Waals surface area contributed by atoms with Gasteiger partial charge in [-0.2, -0.15) is 0 Å². The Labute approximate surface area is 77.2 Å². The minimum Gasteiger partial charge on any atom is -0.507 e. The van der Waals surface area contributed by atoms with Crippen molar-refractivity contribution < 1.29 is 9.50 Å². The molecule has 0 amide bonds. The molecule has 1 atom stereocenters. The number of benzene rings is 1. The third-order valence-electron chi connectivity index (χ3n) is 2.21. The number of rotatable bonds is 2. The average molecular weight is 183 g/mol. The van der Waals surface area contributed by atoms with Crippen molar-refractivity contribution >= 4 is 0 Å². The fraction of sp³-hybridized carbons (Fsp3) is 0.400. The van der Waals surface area contributed by atoms with E-state index in [1.165, 1.54) is 6.07 Å². The van der Waals surface area contributed by atoms with Crippen LogP contribution >= 0.6 is 0 Å². The smallest absolute Gasteiger partial charge is 0.130 e. The first-order valence-electron chi connectivity index (χ1n) is 4.26. The molecule has 0 heterocycles. The van der Waals surface area contributed by atoms with Crippen molar-refractivity contribution in [3.05, 3.63) is 29.1 Å². The summed E-state index contributed by atoms with van der Waals surface area (Å²) in [5.74, 6) is -0.515. The molecule has 13 heavy (non-hydrogen) atoms. The van der Waals surface area contributed by atoms with Gasteiger partial charge in [-0.3, -0.25) is 0 Å². The van der Waals surface area contributed by atoms with E-state index < -0.39 is 0 Å². The van der Waals surface area contributed by atoms with E-state index in [-0.39, 0.29) is 17.5 Å². The Hall–Kier alpha value is -1.09. The Kier molecular flexibility index (Phi) is 2.88. The second-order valence-electron chi connectivity index (χ2n) is 3.26. The number of aryl methyl sites for hydroxylation is 1. The lowest BCUT2D eigenvalue weighted by atomic mass is 9.97. The number of hydrogen-bond acceptors (Lipinski definition) is 2. The summed E-state index contributed by atoms with van der Waals surface area (Å²) in [6.07, 6.45) is 0. The van der Waals surface area contributed by atoms with E-state index in [4.69, 9.17) is 5.73 Å². The zero-order valence-electron chi connectivity index (χ0n) is 7.84. The molecule has 0 saturated heterocycles. The van der Waals surface area contributed by atoms with Crippen LogP contribution in [0.5, 0.6) is 5.75 Å². The van der Waals surface area contributed by atoms with Gasteiger partial charge in [-0.15, -0.1) is 0 Å². The minimum atomic E-state index is -0.388. The molecular weight excluding hydrogens is 169 g/mol. The van der Waals surface area contributed by atoms with Gasteiger partial charge in [0.25, 0.3) is 0 Å². The molecule has 0 aliphatic carbocycles. The van der Waals surface area contributed by atoms with Gasteiger partial charge in [0, 0.05) is 5.56 Å². The highest BCUT2D eigenvalue weighted by Crippen LogP contribution is 2.30. The molecule has 2 nitrogen and oxygen atoms in total. The number of halogens is 1. The van der Waals surface area contributed by atoms with Crippen LogP contribution in [0.4, 0.5) is 4.39 Å². The van der Waals surface area contributed by atoms with E-state index >= 15 is 0 Å². The minimum absolute atomic E-state index is 0.0259. The van der Waals surface area contributed by atoms with Crippen LogP contribution in [0, 0.1) is 12.7 Å². The molecule has 0 aliphatic rings. The van der Waals surface area contributed by atoms with E-state index in [1.54, 1.807) is 19.9 Å². The van der Waals surface area contributed by atoms with Crippen molar-refractivity contribution in [1.29, 1.82) is 0 Å². The largest absolute Gasteiger partial charge is 0.507 e. The number of phenols is 1. The molecule has 0 aromatic heterocycles. The number of aromatic hydroxyl groups is 1. The number of phenolic OH excluding ortho intramolecular Hbond substituents is 1. The molecule has 0 aliphatic heterocycles. The van der Waals surface area contributed by atoms with Gasteiger partial charge >= 0.3 is 0 Å². The van der Waals surface area contributed by atoms with Gasteiger partial charge < -0.3 is 10.8 Å². The third-order valence-corrected chi connectivity index (χ3v) is 2.21. The lowest BCUT2D eigenvalue weighted by Crippen LogP contribution is -2.11. The van der Waals surface area contributed by atoms with Gasteiger partial charge in [-0.05, 0) is 31.0 Å². The van der Waals surface area contributed by atoms with Crippen LogP contribution in [0.3, 0.4) is 0 Å². The SMILES string of the molecule is Cc1ccc(F)c(C(C)CN)c1O. The second-order valence-corrected chi connectivity index (χ2v) is 3.26. The predicted octanol–water partition coefficient (Wildman–Crippen LogP) is 1.90. The quantitative estimate of drug-likeness (QED) is 0.735. The number of hydrogen-bond donors (Lipinski definition) is 2. The molecule has 1 aromatic rings. The topological polar surface area (TPSA) is 46.2 Å². The maximum atomic E-state index is 13.3. The Morgan fingerprint density at radius 3 is 2.69 bits per heavy atom. The van der Waals surface area contributed by atoms with E-state index in [0.29, 0.717) is 17.7 Å². The molecule has 0 radical (unpaired) electrons. The zero-order valence-corrected chi connectivity index (χ0v) is 7.84. The molecular formula is C10H14FNO. The highest BCUT2D eigenvalue weighted by molar-refractivity contribution is 5.42. The molecule has 0 bridgehead atoms. The fourth-order valence-electron chi connectivity index (χ4n) is 1.28. The van der Waals surface area contributed by atoms with Crippen LogP contribution in [0.1, 0.15) is 24.0 Å². The van der Waals surface area contributed by atoms with Crippen LogP contribution in [0.25, 0.3) is 0 Å². The summed E-state index contributed by atoms with van der Waals surface area (Å²) in [5.41, 5.74) is 6.41. The zero-order chi connectivity index (χ0) is 10.0. The molecule has 1 rings (SSSR count). The summed E-state index contributed by atoms with van der Waals surface area (Å²) in [7, 11) is 0. The van der Waals surface area contributed by atoms with E-state index in [9.17, 15) is 9.50 Å². The van der Waals surface area contributed by atoms with Gasteiger partial charge in [0.2, 0.25) is 0 Å². The normalized spacial score (nSPS) is 12.9. The van der Waals surface area contributed by atoms with E-state index in [2.05, 4.69) is 0 Å². The Morgan fingerprint density at radius 1 is 1.54 bits per heavy atom. The Balaban J connectivity index is 3.25. The van der Waals surface area contributed by atoms with Crippen molar-refractivity contribution in [2.24, 2.45) is 5.73 Å². The van der Waals surface area contributed by atoms with Crippen LogP contribution in [-0.4, -0.2) is 11.7 Å². The van der Waals surface area contributed by atoms with E-state index in [1.807, 2.05) is 0 Å². The van der Waals surface area contributed by atoms with Gasteiger partial charge in [-0.25, -0.2) is 4.39 Å². The fourth-order valence-corrected chi connectivity index (χ4v) is 1.28. The first-order chi connectivity index (χ1) is 6.07. The predicted molar refractivity (Wildman–Crippen MR) is 50.3 cm³/mol. The summed E-state index contributed by atoms with van der Waals surface area (Å²) in [6, 6.07) is 2.91. The number of nitrogens with two attached hydrogens (primary N) is 1. The lowest BCUT2D eigenvalue weighted by Gasteiger charge is -2.13. The van der Waals surface area contributed by atoms with Crippen molar-refractivity contribution in [2.75, 3.05) is 6.54 Å². The van der Waals surface area contributed by atoms with Gasteiger partial charge in [0.1, 0.15) is 11.6 Å². The molecule has 1 aromatic carbocycles. The first-order valence-corrected chi connectivity index (χ1v) is 4.26. The van der Waals surface area contributed by atoms with Crippen LogP contribution < -0.4 is 5.73 Å². The summed E-state index contributed by atoms with van der Waals surface area (Å²) < 4.78 is 13.3. The standard InChI is InChI=1S/C10H14FNO/c1-6-3-4-8(11)9(10(6)13)7(2)5-12/h3-4,7,13H,5,12H2,1-2H3. The second kappa shape index (κ2) is 3.75. The maximum Gasteiger partial charge on any atom is 0.130 e. The van der Waals surface area contributed by atoms with Crippen LogP contribution in [-0.2, 0) is 0 Å². The lowest BCUT2D eigenvalue weighted by molar-refractivity contribution is 0.447. The van der Waals surface area contributed by atoms with Crippen molar-refractivity contribution in [3.63, 3.8) is 0 Å². The van der Waals surface area contributed by atoms with Gasteiger partial charge in [0.15, 0.2) is 0 Å². The average Bonchev–Trinajstić information content (AvgIpc) is 2.12. The molecule has 1 unspecified atom stereocenters. The summed E-state index contributed by atoms with van der Waals surface area (Å²) in [6.45, 7) is 3.85. The third kappa shape index (κ3) is 1.80. The van der Waals surface area contributed by atoms with Crippen molar-refractivity contribution in [3.8, 4) is 5.75 Å². The first kappa shape index (κ1) is 9.99. The van der Waals surface area contributed by atoms with Crippen LogP contribution in [0.2, 0.25) is 0 Å². The summed E-state index contributed by atoms with van der Waals surface area (Å²) in [4.78, 5) is 0. The highest BCUT2D eigenvalue weighted by Gasteiger charge is 2.15. The molecule has 72 valence electrons. The maximum absolute atomic E-state index is 13.3. The summed E-state index contributed by atoms with van der Waals surface area (Å²) >= 11 is 0. The summed E-state index contributed by atoms with van der Waals surface area (Å²) in [5, 5.41) is 9.58. The monoisotopic (exact) mass is 183 g/mol. The van der Waals surface area contributed by atoms with Crippen molar-refractivity contribution in [1.82, 2.24) is 0 Å². The van der Waals surface area contributed by atoms with Gasteiger partial charge in [-0.1, -0.05) is 13.0 Å². The molecule has 3 heteroatoms.